The minimum absolute atomic E-state index is 0.197. The molecule has 2 heterocycles. The van der Waals surface area contributed by atoms with Crippen molar-refractivity contribution in [3.63, 3.8) is 0 Å². The number of anilines is 1. The Morgan fingerprint density at radius 1 is 1.04 bits per heavy atom. The first-order valence-electron chi connectivity index (χ1n) is 8.25. The summed E-state index contributed by atoms with van der Waals surface area (Å²) in [4.78, 5) is 12.8. The molecular formula is C21H14Cl2N2O2. The van der Waals surface area contributed by atoms with Crippen molar-refractivity contribution in [2.45, 2.75) is 6.92 Å². The summed E-state index contributed by atoms with van der Waals surface area (Å²) >= 11 is 12.3. The fourth-order valence-corrected chi connectivity index (χ4v) is 3.22. The number of rotatable bonds is 3. The third-order valence-corrected chi connectivity index (χ3v) is 4.74. The molecule has 0 atom stereocenters. The molecule has 3 aromatic rings. The summed E-state index contributed by atoms with van der Waals surface area (Å²) in [6.45, 7) is 1.80. The number of benzene rings is 2. The Balaban J connectivity index is 1.65. The van der Waals surface area contributed by atoms with Gasteiger partial charge in [-0.2, -0.15) is 10.1 Å². The Morgan fingerprint density at radius 3 is 2.59 bits per heavy atom. The van der Waals surface area contributed by atoms with Gasteiger partial charge in [0.2, 0.25) is 0 Å². The van der Waals surface area contributed by atoms with Crippen LogP contribution in [0.4, 0.5) is 5.69 Å². The van der Waals surface area contributed by atoms with E-state index in [0.29, 0.717) is 38.4 Å². The lowest BCUT2D eigenvalue weighted by molar-refractivity contribution is -0.114. The molecule has 134 valence electrons. The van der Waals surface area contributed by atoms with Crippen LogP contribution in [0.15, 0.2) is 75.8 Å². The van der Waals surface area contributed by atoms with Gasteiger partial charge in [0.15, 0.2) is 0 Å². The van der Waals surface area contributed by atoms with Crippen LogP contribution >= 0.6 is 23.2 Å². The van der Waals surface area contributed by atoms with E-state index in [1.54, 1.807) is 43.3 Å². The van der Waals surface area contributed by atoms with E-state index in [1.165, 1.54) is 5.01 Å². The molecule has 1 aromatic heterocycles. The molecule has 1 aliphatic rings. The molecule has 0 aliphatic carbocycles. The van der Waals surface area contributed by atoms with E-state index in [2.05, 4.69) is 5.10 Å². The molecular weight excluding hydrogens is 383 g/mol. The second-order valence-electron chi connectivity index (χ2n) is 6.02. The maximum atomic E-state index is 12.8. The third kappa shape index (κ3) is 3.42. The molecule has 4 rings (SSSR count). The minimum Gasteiger partial charge on any atom is -0.457 e. The zero-order chi connectivity index (χ0) is 19.0. The monoisotopic (exact) mass is 396 g/mol. The molecule has 0 bridgehead atoms. The molecule has 0 saturated heterocycles. The number of halogens is 2. The van der Waals surface area contributed by atoms with Crippen molar-refractivity contribution >= 4 is 46.6 Å². The van der Waals surface area contributed by atoms with Crippen LogP contribution in [0.1, 0.15) is 12.7 Å². The quantitative estimate of drug-likeness (QED) is 0.505. The van der Waals surface area contributed by atoms with Gasteiger partial charge in [-0.3, -0.25) is 4.79 Å². The van der Waals surface area contributed by atoms with Crippen LogP contribution in [0.2, 0.25) is 10.0 Å². The van der Waals surface area contributed by atoms with Crippen molar-refractivity contribution < 1.29 is 9.21 Å². The van der Waals surface area contributed by atoms with E-state index in [1.807, 2.05) is 30.3 Å². The summed E-state index contributed by atoms with van der Waals surface area (Å²) in [6, 6.07) is 18.0. The largest absolute Gasteiger partial charge is 0.457 e. The summed E-state index contributed by atoms with van der Waals surface area (Å²) in [6.07, 6.45) is 1.69. The van der Waals surface area contributed by atoms with Gasteiger partial charge in [0.25, 0.3) is 5.91 Å². The Morgan fingerprint density at radius 2 is 1.81 bits per heavy atom. The van der Waals surface area contributed by atoms with Gasteiger partial charge >= 0.3 is 0 Å². The molecule has 6 heteroatoms. The molecule has 0 spiro atoms. The van der Waals surface area contributed by atoms with Crippen LogP contribution in [0.3, 0.4) is 0 Å². The summed E-state index contributed by atoms with van der Waals surface area (Å²) < 4.78 is 5.86. The van der Waals surface area contributed by atoms with E-state index in [9.17, 15) is 4.79 Å². The van der Waals surface area contributed by atoms with Crippen molar-refractivity contribution in [1.29, 1.82) is 0 Å². The van der Waals surface area contributed by atoms with Gasteiger partial charge in [-0.1, -0.05) is 41.4 Å². The van der Waals surface area contributed by atoms with Gasteiger partial charge in [-0.25, -0.2) is 0 Å². The first-order chi connectivity index (χ1) is 13.0. The molecule has 4 nitrogen and oxygen atoms in total. The van der Waals surface area contributed by atoms with Crippen LogP contribution in [0.5, 0.6) is 0 Å². The minimum atomic E-state index is -0.197. The number of para-hydroxylation sites is 1. The lowest BCUT2D eigenvalue weighted by Gasteiger charge is -2.10. The predicted molar refractivity (Wildman–Crippen MR) is 109 cm³/mol. The Bertz CT molecular complexity index is 1080. The average Bonchev–Trinajstić information content (AvgIpc) is 3.24. The number of furan rings is 1. The van der Waals surface area contributed by atoms with Gasteiger partial charge in [0.05, 0.1) is 22.0 Å². The Kier molecular flexibility index (Phi) is 4.60. The molecule has 0 N–H and O–H groups in total. The van der Waals surface area contributed by atoms with Crippen LogP contribution in [0, 0.1) is 0 Å². The summed E-state index contributed by atoms with van der Waals surface area (Å²) in [5.74, 6) is 0.917. The van der Waals surface area contributed by atoms with Crippen LogP contribution in [-0.4, -0.2) is 11.6 Å². The fraction of sp³-hybridized carbons (Fsp3) is 0.0476. The SMILES string of the molecule is CC1=NN(c2ccccc2)C(=O)/C1=C\c1ccc(-c2cc(Cl)ccc2Cl)o1. The molecule has 0 fully saturated rings. The van der Waals surface area contributed by atoms with Crippen LogP contribution in [-0.2, 0) is 4.79 Å². The number of hydrogen-bond donors (Lipinski definition) is 0. The van der Waals surface area contributed by atoms with Gasteiger partial charge in [-0.05, 0) is 55.5 Å². The van der Waals surface area contributed by atoms with Crippen molar-refractivity contribution in [3.8, 4) is 11.3 Å². The highest BCUT2D eigenvalue weighted by Crippen LogP contribution is 2.33. The van der Waals surface area contributed by atoms with E-state index >= 15 is 0 Å². The lowest BCUT2D eigenvalue weighted by Crippen LogP contribution is -2.21. The average molecular weight is 397 g/mol. The third-order valence-electron chi connectivity index (χ3n) is 4.17. The van der Waals surface area contributed by atoms with Crippen molar-refractivity contribution in [1.82, 2.24) is 0 Å². The van der Waals surface area contributed by atoms with Gasteiger partial charge < -0.3 is 4.42 Å². The van der Waals surface area contributed by atoms with E-state index in [0.717, 1.165) is 5.69 Å². The van der Waals surface area contributed by atoms with E-state index in [-0.39, 0.29) is 5.91 Å². The molecule has 0 saturated carbocycles. The molecule has 27 heavy (non-hydrogen) atoms. The second kappa shape index (κ2) is 7.06. The van der Waals surface area contributed by atoms with Crippen LogP contribution in [0.25, 0.3) is 17.4 Å². The summed E-state index contributed by atoms with van der Waals surface area (Å²) in [5.41, 5.74) is 2.53. The number of amides is 1. The molecule has 0 unspecified atom stereocenters. The zero-order valence-corrected chi connectivity index (χ0v) is 15.8. The smallest absolute Gasteiger partial charge is 0.280 e. The highest BCUT2D eigenvalue weighted by Gasteiger charge is 2.28. The van der Waals surface area contributed by atoms with Gasteiger partial charge in [0.1, 0.15) is 11.5 Å². The second-order valence-corrected chi connectivity index (χ2v) is 6.87. The van der Waals surface area contributed by atoms with Crippen molar-refractivity contribution in [3.05, 3.63) is 82.0 Å². The summed E-state index contributed by atoms with van der Waals surface area (Å²) in [5, 5.41) is 6.86. The topological polar surface area (TPSA) is 45.8 Å². The normalized spacial score (nSPS) is 15.5. The highest BCUT2D eigenvalue weighted by molar-refractivity contribution is 6.35. The van der Waals surface area contributed by atoms with Crippen LogP contribution < -0.4 is 5.01 Å². The summed E-state index contributed by atoms with van der Waals surface area (Å²) in [7, 11) is 0. The zero-order valence-electron chi connectivity index (χ0n) is 14.3. The maximum absolute atomic E-state index is 12.8. The molecule has 1 amide bonds. The van der Waals surface area contributed by atoms with Gasteiger partial charge in [0, 0.05) is 10.6 Å². The molecule has 1 aliphatic heterocycles. The first kappa shape index (κ1) is 17.6. The molecule has 0 radical (unpaired) electrons. The number of carbonyl (C=O) groups excluding carboxylic acids is 1. The van der Waals surface area contributed by atoms with Crippen molar-refractivity contribution in [2.24, 2.45) is 5.10 Å². The van der Waals surface area contributed by atoms with Gasteiger partial charge in [-0.15, -0.1) is 0 Å². The first-order valence-corrected chi connectivity index (χ1v) is 9.00. The Hall–Kier alpha value is -2.82. The maximum Gasteiger partial charge on any atom is 0.280 e. The highest BCUT2D eigenvalue weighted by atomic mass is 35.5. The number of nitrogens with zero attached hydrogens (tertiary/aromatic N) is 2. The Labute approximate surface area is 166 Å². The predicted octanol–water partition coefficient (Wildman–Crippen LogP) is 6.06. The number of hydrazone groups is 1. The molecule has 2 aromatic carbocycles. The van der Waals surface area contributed by atoms with E-state index in [4.69, 9.17) is 27.6 Å². The lowest BCUT2D eigenvalue weighted by atomic mass is 10.1. The fourth-order valence-electron chi connectivity index (χ4n) is 2.83. The number of carbonyl (C=O) groups is 1. The van der Waals surface area contributed by atoms with E-state index < -0.39 is 0 Å². The van der Waals surface area contributed by atoms with Crippen molar-refractivity contribution in [2.75, 3.05) is 5.01 Å². The standard InChI is InChI=1S/C21H14Cl2N2O2/c1-13-17(21(26)25(24-13)15-5-3-2-4-6-15)12-16-8-10-20(27-16)18-11-14(22)7-9-19(18)23/h2-12H,1H3/b17-12-. The number of hydrogen-bond acceptors (Lipinski definition) is 3.